The minimum Gasteiger partial charge on any atom is -0.375 e. The molecule has 1 unspecified atom stereocenters. The van der Waals surface area contributed by atoms with Crippen LogP contribution in [0.25, 0.3) is 0 Å². The highest BCUT2D eigenvalue weighted by molar-refractivity contribution is 5.99. The SMILES string of the molecule is CN1CN=C2C1=CN(Cc1cc(C(C)(O)C(F)(F)F)no1)CN2C. The lowest BCUT2D eigenvalue weighted by Crippen LogP contribution is -2.42. The van der Waals surface area contributed by atoms with Crippen LogP contribution in [-0.2, 0) is 12.1 Å². The molecule has 1 aromatic heterocycles. The molecule has 2 aliphatic rings. The van der Waals surface area contributed by atoms with Gasteiger partial charge in [-0.2, -0.15) is 13.2 Å². The number of aromatic nitrogens is 1. The second kappa shape index (κ2) is 5.40. The van der Waals surface area contributed by atoms with E-state index in [0.717, 1.165) is 17.6 Å². The van der Waals surface area contributed by atoms with Gasteiger partial charge in [-0.05, 0) is 6.92 Å². The van der Waals surface area contributed by atoms with Crippen molar-refractivity contribution in [2.45, 2.75) is 25.2 Å². The van der Waals surface area contributed by atoms with Crippen molar-refractivity contribution in [2.75, 3.05) is 27.4 Å². The van der Waals surface area contributed by atoms with Gasteiger partial charge in [-0.25, -0.2) is 4.99 Å². The third-order valence-electron chi connectivity index (χ3n) is 4.10. The number of hydrogen-bond acceptors (Lipinski definition) is 7. The van der Waals surface area contributed by atoms with Gasteiger partial charge in [0.2, 0.25) is 5.60 Å². The molecule has 7 nitrogen and oxygen atoms in total. The number of rotatable bonds is 3. The maximum absolute atomic E-state index is 12.9. The Morgan fingerprint density at radius 2 is 2.00 bits per heavy atom. The first kappa shape index (κ1) is 16.6. The van der Waals surface area contributed by atoms with Gasteiger partial charge in [-0.3, -0.25) is 0 Å². The Bertz CT molecular complexity index is 695. The van der Waals surface area contributed by atoms with Crippen molar-refractivity contribution in [2.24, 2.45) is 4.99 Å². The number of amidine groups is 1. The van der Waals surface area contributed by atoms with Gasteiger partial charge in [0.05, 0.1) is 18.9 Å². The first-order chi connectivity index (χ1) is 11.1. The van der Waals surface area contributed by atoms with Gasteiger partial charge in [0.1, 0.15) is 12.4 Å². The highest BCUT2D eigenvalue weighted by atomic mass is 19.4. The minimum atomic E-state index is -4.83. The minimum absolute atomic E-state index is 0.232. The summed E-state index contributed by atoms with van der Waals surface area (Å²) in [6.45, 7) is 1.97. The van der Waals surface area contributed by atoms with Crippen LogP contribution in [0.4, 0.5) is 13.2 Å². The summed E-state index contributed by atoms with van der Waals surface area (Å²) in [5.74, 6) is 1.12. The molecule has 2 aliphatic heterocycles. The standard InChI is InChI=1S/C14H18F3N5O2/c1-13(23,14(15,16)17)11-4-9(24-19-11)5-22-6-10-12(21(3)8-22)18-7-20(10)2/h4,6,23H,5,7-8H2,1-3H3. The Kier molecular flexibility index (Phi) is 3.74. The van der Waals surface area contributed by atoms with Crippen LogP contribution in [0.3, 0.4) is 0 Å². The number of aliphatic hydroxyl groups is 1. The molecule has 10 heteroatoms. The zero-order valence-corrected chi connectivity index (χ0v) is 13.5. The number of likely N-dealkylation sites (N-methyl/N-ethyl adjacent to an activating group) is 2. The molecule has 0 bridgehead atoms. The third-order valence-corrected chi connectivity index (χ3v) is 4.10. The smallest absolute Gasteiger partial charge is 0.375 e. The molecular formula is C14H18F3N5O2. The Labute approximate surface area is 136 Å². The second-order valence-corrected chi connectivity index (χ2v) is 6.17. The van der Waals surface area contributed by atoms with Crippen molar-refractivity contribution in [1.82, 2.24) is 19.9 Å². The van der Waals surface area contributed by atoms with E-state index in [2.05, 4.69) is 10.1 Å². The lowest BCUT2D eigenvalue weighted by molar-refractivity contribution is -0.260. The van der Waals surface area contributed by atoms with E-state index in [1.807, 2.05) is 35.0 Å². The zero-order valence-electron chi connectivity index (χ0n) is 13.5. The summed E-state index contributed by atoms with van der Waals surface area (Å²) in [4.78, 5) is 10.2. The molecule has 0 aliphatic carbocycles. The number of nitrogens with zero attached hydrogens (tertiary/aromatic N) is 5. The molecular weight excluding hydrogens is 327 g/mol. The van der Waals surface area contributed by atoms with Crippen LogP contribution >= 0.6 is 0 Å². The summed E-state index contributed by atoms with van der Waals surface area (Å²) in [6.07, 6.45) is -2.94. The van der Waals surface area contributed by atoms with Crippen molar-refractivity contribution in [3.05, 3.63) is 29.4 Å². The third kappa shape index (κ3) is 2.70. The second-order valence-electron chi connectivity index (χ2n) is 6.17. The quantitative estimate of drug-likeness (QED) is 0.890. The van der Waals surface area contributed by atoms with Crippen LogP contribution in [-0.4, -0.2) is 64.4 Å². The fourth-order valence-corrected chi connectivity index (χ4v) is 2.58. The molecule has 0 radical (unpaired) electrons. The van der Waals surface area contributed by atoms with E-state index in [9.17, 15) is 18.3 Å². The summed E-state index contributed by atoms with van der Waals surface area (Å²) in [5, 5.41) is 13.0. The summed E-state index contributed by atoms with van der Waals surface area (Å²) < 4.78 is 43.5. The molecule has 0 spiro atoms. The average Bonchev–Trinajstić information content (AvgIpc) is 3.06. The van der Waals surface area contributed by atoms with Gasteiger partial charge in [-0.1, -0.05) is 5.16 Å². The van der Waals surface area contributed by atoms with E-state index in [0.29, 0.717) is 20.3 Å². The Morgan fingerprint density at radius 1 is 1.29 bits per heavy atom. The summed E-state index contributed by atoms with van der Waals surface area (Å²) in [6, 6.07) is 1.13. The van der Waals surface area contributed by atoms with Crippen LogP contribution in [0.2, 0.25) is 0 Å². The Balaban J connectivity index is 1.78. The molecule has 1 N–H and O–H groups in total. The lowest BCUT2D eigenvalue weighted by Gasteiger charge is -2.34. The topological polar surface area (TPSA) is 68.3 Å². The van der Waals surface area contributed by atoms with Crippen molar-refractivity contribution in [1.29, 1.82) is 0 Å². The molecule has 1 atom stereocenters. The molecule has 3 heterocycles. The van der Waals surface area contributed by atoms with Crippen LogP contribution in [0.15, 0.2) is 27.5 Å². The van der Waals surface area contributed by atoms with E-state index in [4.69, 9.17) is 4.52 Å². The van der Waals surface area contributed by atoms with Gasteiger partial charge in [-0.15, -0.1) is 0 Å². The van der Waals surface area contributed by atoms with Crippen LogP contribution in [0.5, 0.6) is 0 Å². The number of fused-ring (bicyclic) bond motifs is 1. The van der Waals surface area contributed by atoms with Crippen LogP contribution in [0, 0.1) is 0 Å². The van der Waals surface area contributed by atoms with E-state index >= 15 is 0 Å². The van der Waals surface area contributed by atoms with Crippen LogP contribution < -0.4 is 0 Å². The first-order valence-corrected chi connectivity index (χ1v) is 7.28. The van der Waals surface area contributed by atoms with Gasteiger partial charge >= 0.3 is 6.18 Å². The number of alkyl halides is 3. The van der Waals surface area contributed by atoms with E-state index in [-0.39, 0.29) is 12.3 Å². The predicted molar refractivity (Wildman–Crippen MR) is 78.4 cm³/mol. The highest BCUT2D eigenvalue weighted by Gasteiger charge is 2.53. The maximum atomic E-state index is 12.9. The predicted octanol–water partition coefficient (Wildman–Crippen LogP) is 1.29. The largest absolute Gasteiger partial charge is 0.422 e. The first-order valence-electron chi connectivity index (χ1n) is 7.28. The van der Waals surface area contributed by atoms with Gasteiger partial charge in [0.15, 0.2) is 11.6 Å². The maximum Gasteiger partial charge on any atom is 0.422 e. The fourth-order valence-electron chi connectivity index (χ4n) is 2.58. The summed E-state index contributed by atoms with van der Waals surface area (Å²) >= 11 is 0. The van der Waals surface area contributed by atoms with Crippen molar-refractivity contribution in [3.8, 4) is 0 Å². The molecule has 1 aromatic rings. The monoisotopic (exact) mass is 345 g/mol. The molecule has 0 fully saturated rings. The summed E-state index contributed by atoms with van der Waals surface area (Å²) in [5.41, 5.74) is -2.66. The lowest BCUT2D eigenvalue weighted by atomic mass is 10.0. The molecule has 0 saturated carbocycles. The van der Waals surface area contributed by atoms with Gasteiger partial charge in [0.25, 0.3) is 0 Å². The molecule has 0 amide bonds. The number of hydrogen-bond donors (Lipinski definition) is 1. The fraction of sp³-hybridized carbons (Fsp3) is 0.571. The number of aliphatic imine (C=N–C) groups is 1. The van der Waals surface area contributed by atoms with Gasteiger partial charge < -0.3 is 24.3 Å². The van der Waals surface area contributed by atoms with Crippen LogP contribution in [0.1, 0.15) is 18.4 Å². The Morgan fingerprint density at radius 3 is 2.67 bits per heavy atom. The van der Waals surface area contributed by atoms with E-state index in [1.54, 1.807) is 0 Å². The summed E-state index contributed by atoms with van der Waals surface area (Å²) in [7, 11) is 3.80. The van der Waals surface area contributed by atoms with Crippen molar-refractivity contribution < 1.29 is 22.8 Å². The molecule has 0 saturated heterocycles. The zero-order chi connectivity index (χ0) is 17.7. The van der Waals surface area contributed by atoms with Gasteiger partial charge in [0, 0.05) is 26.4 Å². The van der Waals surface area contributed by atoms with E-state index in [1.165, 1.54) is 0 Å². The Hall–Kier alpha value is -2.23. The van der Waals surface area contributed by atoms with Crippen molar-refractivity contribution in [3.63, 3.8) is 0 Å². The molecule has 132 valence electrons. The van der Waals surface area contributed by atoms with E-state index < -0.39 is 17.5 Å². The average molecular weight is 345 g/mol. The highest BCUT2D eigenvalue weighted by Crippen LogP contribution is 2.38. The molecule has 3 rings (SSSR count). The molecule has 24 heavy (non-hydrogen) atoms. The normalized spacial score (nSPS) is 20.7. The van der Waals surface area contributed by atoms with Crippen molar-refractivity contribution >= 4 is 5.84 Å². The molecule has 0 aromatic carbocycles. The number of halogens is 3.